The Labute approximate surface area is 118 Å². The Kier molecular flexibility index (Phi) is 4.96. The molecule has 1 amide bonds. The van der Waals surface area contributed by atoms with Crippen LogP contribution >= 0.6 is 11.3 Å². The van der Waals surface area contributed by atoms with Gasteiger partial charge in [-0.05, 0) is 11.4 Å². The molecule has 1 fully saturated rings. The molecule has 1 unspecified atom stereocenters. The molecule has 2 rings (SSSR count). The van der Waals surface area contributed by atoms with E-state index in [-0.39, 0.29) is 17.4 Å². The number of hydrogen-bond donors (Lipinski definition) is 2. The first-order valence-electron chi connectivity index (χ1n) is 6.70. The summed E-state index contributed by atoms with van der Waals surface area (Å²) in [6.45, 7) is 7.17. The van der Waals surface area contributed by atoms with Crippen molar-refractivity contribution in [1.82, 2.24) is 10.6 Å². The molecule has 1 aromatic heterocycles. The summed E-state index contributed by atoms with van der Waals surface area (Å²) in [6.07, 6.45) is 0.487. The zero-order chi connectivity index (χ0) is 13.7. The van der Waals surface area contributed by atoms with Gasteiger partial charge in [-0.1, -0.05) is 19.9 Å². The summed E-state index contributed by atoms with van der Waals surface area (Å²) in [7, 11) is 0. The van der Waals surface area contributed by atoms with Gasteiger partial charge in [-0.15, -0.1) is 11.3 Å². The highest BCUT2D eigenvalue weighted by Crippen LogP contribution is 2.26. The van der Waals surface area contributed by atoms with Crippen molar-refractivity contribution < 1.29 is 9.53 Å². The van der Waals surface area contributed by atoms with E-state index in [2.05, 4.69) is 35.9 Å². The maximum atomic E-state index is 11.9. The normalized spacial score (nSPS) is 20.2. The second-order valence-corrected chi connectivity index (χ2v) is 6.52. The smallest absolute Gasteiger partial charge is 0.221 e. The van der Waals surface area contributed by atoms with Gasteiger partial charge in [0.2, 0.25) is 5.91 Å². The number of carbonyl (C=O) groups excluding carboxylic acids is 1. The molecule has 0 saturated carbocycles. The number of thiophene rings is 1. The number of carbonyl (C=O) groups is 1. The molecule has 19 heavy (non-hydrogen) atoms. The lowest BCUT2D eigenvalue weighted by atomic mass is 9.91. The Morgan fingerprint density at radius 1 is 1.63 bits per heavy atom. The van der Waals surface area contributed by atoms with Crippen molar-refractivity contribution in [3.63, 3.8) is 0 Å². The lowest BCUT2D eigenvalue weighted by Gasteiger charge is -2.26. The topological polar surface area (TPSA) is 50.4 Å². The van der Waals surface area contributed by atoms with Crippen LogP contribution in [-0.2, 0) is 14.9 Å². The van der Waals surface area contributed by atoms with Crippen molar-refractivity contribution in [2.24, 2.45) is 0 Å². The zero-order valence-electron chi connectivity index (χ0n) is 11.6. The summed E-state index contributed by atoms with van der Waals surface area (Å²) in [5, 5.41) is 8.39. The largest absolute Gasteiger partial charge is 0.378 e. The standard InChI is InChI=1S/C14H22N2O2S/c1-14(2,12-4-3-7-19-12)10-16-13(17)8-11-9-18-6-5-15-11/h3-4,7,11,15H,5-6,8-10H2,1-2H3,(H,16,17). The molecule has 1 aliphatic rings. The van der Waals surface area contributed by atoms with Crippen molar-refractivity contribution >= 4 is 17.2 Å². The predicted octanol–water partition coefficient (Wildman–Crippen LogP) is 1.52. The summed E-state index contributed by atoms with van der Waals surface area (Å²) in [4.78, 5) is 13.2. The SMILES string of the molecule is CC(C)(CNC(=O)CC1COCCN1)c1cccs1. The highest BCUT2D eigenvalue weighted by atomic mass is 32.1. The molecule has 0 aliphatic carbocycles. The van der Waals surface area contributed by atoms with Gasteiger partial charge in [-0.3, -0.25) is 4.79 Å². The van der Waals surface area contributed by atoms with Gasteiger partial charge in [0.05, 0.1) is 13.2 Å². The fraction of sp³-hybridized carbons (Fsp3) is 0.643. The highest BCUT2D eigenvalue weighted by molar-refractivity contribution is 7.10. The summed E-state index contributed by atoms with van der Waals surface area (Å²) in [6, 6.07) is 4.32. The van der Waals surface area contributed by atoms with Crippen LogP contribution in [0.2, 0.25) is 0 Å². The molecule has 0 radical (unpaired) electrons. The van der Waals surface area contributed by atoms with E-state index in [1.54, 1.807) is 11.3 Å². The molecule has 1 saturated heterocycles. The Balaban J connectivity index is 1.76. The number of morpholine rings is 1. The lowest BCUT2D eigenvalue weighted by molar-refractivity contribution is -0.122. The molecule has 0 aromatic carbocycles. The molecule has 1 aromatic rings. The third-order valence-corrected chi connectivity index (χ3v) is 4.58. The van der Waals surface area contributed by atoms with Gasteiger partial charge >= 0.3 is 0 Å². The summed E-state index contributed by atoms with van der Waals surface area (Å²) >= 11 is 1.73. The quantitative estimate of drug-likeness (QED) is 0.861. The Morgan fingerprint density at radius 3 is 3.11 bits per heavy atom. The minimum Gasteiger partial charge on any atom is -0.378 e. The van der Waals surface area contributed by atoms with Crippen molar-refractivity contribution in [2.75, 3.05) is 26.3 Å². The van der Waals surface area contributed by atoms with Crippen molar-refractivity contribution in [2.45, 2.75) is 31.7 Å². The molecule has 1 aliphatic heterocycles. The minimum absolute atomic E-state index is 0.0136. The molecule has 0 spiro atoms. The number of hydrogen-bond acceptors (Lipinski definition) is 4. The molecule has 1 atom stereocenters. The van der Waals surface area contributed by atoms with E-state index in [4.69, 9.17) is 4.74 Å². The van der Waals surface area contributed by atoms with Gasteiger partial charge in [0.1, 0.15) is 0 Å². The number of amides is 1. The maximum Gasteiger partial charge on any atom is 0.221 e. The average Bonchev–Trinajstić information content (AvgIpc) is 2.92. The Hall–Kier alpha value is -0.910. The Morgan fingerprint density at radius 2 is 2.47 bits per heavy atom. The summed E-state index contributed by atoms with van der Waals surface area (Å²) in [5.74, 6) is 0.0904. The van der Waals surface area contributed by atoms with E-state index < -0.39 is 0 Å². The Bertz CT molecular complexity index is 398. The molecule has 4 nitrogen and oxygen atoms in total. The van der Waals surface area contributed by atoms with Crippen LogP contribution in [-0.4, -0.2) is 38.3 Å². The summed E-state index contributed by atoms with van der Waals surface area (Å²) < 4.78 is 5.35. The monoisotopic (exact) mass is 282 g/mol. The van der Waals surface area contributed by atoms with Crippen LogP contribution in [0.1, 0.15) is 25.1 Å². The van der Waals surface area contributed by atoms with E-state index >= 15 is 0 Å². The minimum atomic E-state index is -0.0136. The van der Waals surface area contributed by atoms with Crippen molar-refractivity contribution in [3.05, 3.63) is 22.4 Å². The maximum absolute atomic E-state index is 11.9. The van der Waals surface area contributed by atoms with Gasteiger partial charge in [-0.25, -0.2) is 0 Å². The molecule has 106 valence electrons. The third-order valence-electron chi connectivity index (χ3n) is 3.35. The van der Waals surface area contributed by atoms with E-state index in [0.717, 1.165) is 13.2 Å². The van der Waals surface area contributed by atoms with Crippen LogP contribution in [0.25, 0.3) is 0 Å². The van der Waals surface area contributed by atoms with Gasteiger partial charge in [-0.2, -0.15) is 0 Å². The first kappa shape index (κ1) is 14.5. The average molecular weight is 282 g/mol. The van der Waals surface area contributed by atoms with E-state index in [0.29, 0.717) is 19.6 Å². The van der Waals surface area contributed by atoms with Crippen LogP contribution in [0.5, 0.6) is 0 Å². The van der Waals surface area contributed by atoms with Crippen LogP contribution in [0.3, 0.4) is 0 Å². The fourth-order valence-electron chi connectivity index (χ4n) is 2.12. The van der Waals surface area contributed by atoms with Gasteiger partial charge in [0.15, 0.2) is 0 Å². The molecule has 2 N–H and O–H groups in total. The van der Waals surface area contributed by atoms with E-state index in [9.17, 15) is 4.79 Å². The zero-order valence-corrected chi connectivity index (χ0v) is 12.4. The van der Waals surface area contributed by atoms with Crippen LogP contribution in [0, 0.1) is 0 Å². The number of rotatable bonds is 5. The molecular formula is C14H22N2O2S. The second-order valence-electron chi connectivity index (χ2n) is 5.57. The van der Waals surface area contributed by atoms with Gasteiger partial charge < -0.3 is 15.4 Å². The molecule has 0 bridgehead atoms. The lowest BCUT2D eigenvalue weighted by Crippen LogP contribution is -2.45. The predicted molar refractivity (Wildman–Crippen MR) is 77.6 cm³/mol. The molecular weight excluding hydrogens is 260 g/mol. The van der Waals surface area contributed by atoms with Crippen LogP contribution in [0.15, 0.2) is 17.5 Å². The second kappa shape index (κ2) is 6.50. The first-order chi connectivity index (χ1) is 9.08. The summed E-state index contributed by atoms with van der Waals surface area (Å²) in [5.41, 5.74) is -0.0136. The van der Waals surface area contributed by atoms with Gasteiger partial charge in [0.25, 0.3) is 0 Å². The molecule has 2 heterocycles. The fourth-order valence-corrected chi connectivity index (χ4v) is 2.97. The third kappa shape index (κ3) is 4.30. The van der Waals surface area contributed by atoms with Crippen LogP contribution in [0.4, 0.5) is 0 Å². The van der Waals surface area contributed by atoms with Gasteiger partial charge in [0, 0.05) is 35.8 Å². The number of nitrogens with one attached hydrogen (secondary N) is 2. The van der Waals surface area contributed by atoms with Crippen molar-refractivity contribution in [3.8, 4) is 0 Å². The number of ether oxygens (including phenoxy) is 1. The first-order valence-corrected chi connectivity index (χ1v) is 7.58. The van der Waals surface area contributed by atoms with E-state index in [1.807, 2.05) is 6.07 Å². The molecule has 5 heteroatoms. The van der Waals surface area contributed by atoms with Crippen molar-refractivity contribution in [1.29, 1.82) is 0 Å². The van der Waals surface area contributed by atoms with Crippen LogP contribution < -0.4 is 10.6 Å². The van der Waals surface area contributed by atoms with E-state index in [1.165, 1.54) is 4.88 Å². The highest BCUT2D eigenvalue weighted by Gasteiger charge is 2.23.